The molecule has 1 fully saturated rings. The zero-order valence-corrected chi connectivity index (χ0v) is 10.4. The number of imide groups is 1. The number of amides is 2. The fourth-order valence-corrected chi connectivity index (χ4v) is 3.17. The van der Waals surface area contributed by atoms with E-state index in [0.29, 0.717) is 5.92 Å². The van der Waals surface area contributed by atoms with Crippen LogP contribution in [0.1, 0.15) is 40.0 Å². The van der Waals surface area contributed by atoms with Crippen molar-refractivity contribution in [3.05, 3.63) is 0 Å². The van der Waals surface area contributed by atoms with E-state index in [1.54, 1.807) is 0 Å². The predicted octanol–water partition coefficient (Wildman–Crippen LogP) is 1.96. The molecule has 1 saturated heterocycles. The summed E-state index contributed by atoms with van der Waals surface area (Å²) >= 11 is 1.53. The van der Waals surface area contributed by atoms with Crippen LogP contribution >= 0.6 is 11.8 Å². The monoisotopic (exact) mass is 229 g/mol. The van der Waals surface area contributed by atoms with Gasteiger partial charge in [0.25, 0.3) is 0 Å². The van der Waals surface area contributed by atoms with Crippen molar-refractivity contribution < 1.29 is 9.59 Å². The SMILES string of the molecule is CCC[C@H](C)[C@H]1S[C@@H](CC)C(=O)NC1=O. The van der Waals surface area contributed by atoms with Crippen LogP contribution in [0.5, 0.6) is 0 Å². The molecule has 0 spiro atoms. The van der Waals surface area contributed by atoms with Gasteiger partial charge in [-0.2, -0.15) is 0 Å². The molecule has 1 N–H and O–H groups in total. The second kappa shape index (κ2) is 5.54. The highest BCUT2D eigenvalue weighted by Crippen LogP contribution is 2.31. The number of hydrogen-bond donors (Lipinski definition) is 1. The third-order valence-corrected chi connectivity index (χ3v) is 4.59. The van der Waals surface area contributed by atoms with Gasteiger partial charge in [0, 0.05) is 0 Å². The van der Waals surface area contributed by atoms with Crippen LogP contribution in [0.25, 0.3) is 0 Å². The van der Waals surface area contributed by atoms with Gasteiger partial charge in [-0.3, -0.25) is 14.9 Å². The van der Waals surface area contributed by atoms with Crippen LogP contribution in [0.4, 0.5) is 0 Å². The van der Waals surface area contributed by atoms with E-state index in [2.05, 4.69) is 19.2 Å². The Morgan fingerprint density at radius 3 is 2.53 bits per heavy atom. The maximum Gasteiger partial charge on any atom is 0.239 e. The summed E-state index contributed by atoms with van der Waals surface area (Å²) in [6.07, 6.45) is 2.91. The molecular formula is C11H19NO2S. The summed E-state index contributed by atoms with van der Waals surface area (Å²) in [6, 6.07) is 0. The van der Waals surface area contributed by atoms with Crippen LogP contribution in [0, 0.1) is 5.92 Å². The Bertz CT molecular complexity index is 255. The lowest BCUT2D eigenvalue weighted by Gasteiger charge is -2.30. The lowest BCUT2D eigenvalue weighted by Crippen LogP contribution is -2.50. The van der Waals surface area contributed by atoms with Crippen molar-refractivity contribution in [1.82, 2.24) is 5.32 Å². The van der Waals surface area contributed by atoms with Gasteiger partial charge in [-0.25, -0.2) is 0 Å². The number of nitrogens with one attached hydrogen (secondary N) is 1. The molecule has 0 radical (unpaired) electrons. The molecule has 1 heterocycles. The van der Waals surface area contributed by atoms with Crippen molar-refractivity contribution >= 4 is 23.6 Å². The average Bonchev–Trinajstić information content (AvgIpc) is 2.18. The minimum Gasteiger partial charge on any atom is -0.295 e. The molecule has 0 aromatic rings. The van der Waals surface area contributed by atoms with E-state index in [-0.39, 0.29) is 22.3 Å². The Labute approximate surface area is 95.4 Å². The molecule has 0 saturated carbocycles. The molecule has 1 aliphatic heterocycles. The number of rotatable bonds is 4. The molecule has 1 aliphatic rings. The number of hydrogen-bond acceptors (Lipinski definition) is 3. The van der Waals surface area contributed by atoms with Gasteiger partial charge in [0.1, 0.15) is 0 Å². The average molecular weight is 229 g/mol. The summed E-state index contributed by atoms with van der Waals surface area (Å²) in [7, 11) is 0. The highest BCUT2D eigenvalue weighted by atomic mass is 32.2. The maximum atomic E-state index is 11.6. The molecule has 3 nitrogen and oxygen atoms in total. The Morgan fingerprint density at radius 2 is 2.00 bits per heavy atom. The molecule has 2 amide bonds. The molecular weight excluding hydrogens is 210 g/mol. The first-order valence-corrected chi connectivity index (χ1v) is 6.54. The first-order valence-electron chi connectivity index (χ1n) is 5.60. The van der Waals surface area contributed by atoms with Crippen molar-refractivity contribution in [3.63, 3.8) is 0 Å². The molecule has 3 atom stereocenters. The van der Waals surface area contributed by atoms with E-state index in [9.17, 15) is 9.59 Å². The smallest absolute Gasteiger partial charge is 0.239 e. The highest BCUT2D eigenvalue weighted by molar-refractivity contribution is 8.02. The second-order valence-corrected chi connectivity index (χ2v) is 5.42. The van der Waals surface area contributed by atoms with Crippen molar-refractivity contribution in [2.45, 2.75) is 50.5 Å². The van der Waals surface area contributed by atoms with E-state index in [1.807, 2.05) is 6.92 Å². The van der Waals surface area contributed by atoms with Crippen LogP contribution in [0.15, 0.2) is 0 Å². The summed E-state index contributed by atoms with van der Waals surface area (Å²) in [6.45, 7) is 6.18. The molecule has 0 bridgehead atoms. The van der Waals surface area contributed by atoms with E-state index in [1.165, 1.54) is 11.8 Å². The van der Waals surface area contributed by atoms with Gasteiger partial charge in [-0.1, -0.05) is 27.2 Å². The van der Waals surface area contributed by atoms with Gasteiger partial charge in [-0.15, -0.1) is 11.8 Å². The van der Waals surface area contributed by atoms with Crippen molar-refractivity contribution in [2.24, 2.45) is 5.92 Å². The summed E-state index contributed by atoms with van der Waals surface area (Å²) in [4.78, 5) is 23.0. The van der Waals surface area contributed by atoms with Crippen LogP contribution in [-0.4, -0.2) is 22.3 Å². The van der Waals surface area contributed by atoms with Gasteiger partial charge in [0.05, 0.1) is 10.5 Å². The molecule has 0 aromatic heterocycles. The zero-order valence-electron chi connectivity index (χ0n) is 9.58. The molecule has 0 aromatic carbocycles. The van der Waals surface area contributed by atoms with Gasteiger partial charge < -0.3 is 0 Å². The van der Waals surface area contributed by atoms with Crippen molar-refractivity contribution in [3.8, 4) is 0 Å². The lowest BCUT2D eigenvalue weighted by molar-refractivity contribution is -0.131. The highest BCUT2D eigenvalue weighted by Gasteiger charge is 2.36. The molecule has 0 unspecified atom stereocenters. The summed E-state index contributed by atoms with van der Waals surface area (Å²) in [5.74, 6) is 0.130. The van der Waals surface area contributed by atoms with Gasteiger partial charge in [0.15, 0.2) is 0 Å². The minimum atomic E-state index is -0.118. The van der Waals surface area contributed by atoms with E-state index >= 15 is 0 Å². The summed E-state index contributed by atoms with van der Waals surface area (Å²) < 4.78 is 0. The first kappa shape index (κ1) is 12.6. The van der Waals surface area contributed by atoms with Crippen LogP contribution in [0.3, 0.4) is 0 Å². The minimum absolute atomic E-state index is 0.0485. The Hall–Kier alpha value is -0.510. The quantitative estimate of drug-likeness (QED) is 0.750. The molecule has 15 heavy (non-hydrogen) atoms. The maximum absolute atomic E-state index is 11.6. The topological polar surface area (TPSA) is 46.2 Å². The van der Waals surface area contributed by atoms with Crippen LogP contribution < -0.4 is 5.32 Å². The van der Waals surface area contributed by atoms with E-state index in [0.717, 1.165) is 19.3 Å². The third kappa shape index (κ3) is 2.97. The van der Waals surface area contributed by atoms with Crippen LogP contribution in [-0.2, 0) is 9.59 Å². The Kier molecular flexibility index (Phi) is 4.64. The standard InChI is InChI=1S/C11H19NO2S/c1-4-6-7(3)9-11(14)12-10(13)8(5-2)15-9/h7-9H,4-6H2,1-3H3,(H,12,13,14)/t7-,8-,9+/m0/s1. The summed E-state index contributed by atoms with van der Waals surface area (Å²) in [5.41, 5.74) is 0. The van der Waals surface area contributed by atoms with Gasteiger partial charge >= 0.3 is 0 Å². The fourth-order valence-electron chi connectivity index (χ4n) is 1.85. The number of carbonyl (C=O) groups is 2. The molecule has 4 heteroatoms. The third-order valence-electron chi connectivity index (χ3n) is 2.74. The predicted molar refractivity (Wildman–Crippen MR) is 62.7 cm³/mol. The normalized spacial score (nSPS) is 28.7. The van der Waals surface area contributed by atoms with E-state index in [4.69, 9.17) is 0 Å². The fraction of sp³-hybridized carbons (Fsp3) is 0.818. The lowest BCUT2D eigenvalue weighted by atomic mass is 10.0. The Morgan fingerprint density at radius 1 is 1.33 bits per heavy atom. The number of carbonyl (C=O) groups excluding carboxylic acids is 2. The number of thioether (sulfide) groups is 1. The van der Waals surface area contributed by atoms with Gasteiger partial charge in [-0.05, 0) is 18.8 Å². The first-order chi connectivity index (χ1) is 7.10. The van der Waals surface area contributed by atoms with Crippen molar-refractivity contribution in [2.75, 3.05) is 0 Å². The molecule has 1 rings (SSSR count). The largest absolute Gasteiger partial charge is 0.295 e. The Balaban J connectivity index is 2.64. The zero-order chi connectivity index (χ0) is 11.4. The van der Waals surface area contributed by atoms with Crippen LogP contribution in [0.2, 0.25) is 0 Å². The van der Waals surface area contributed by atoms with Gasteiger partial charge in [0.2, 0.25) is 11.8 Å². The van der Waals surface area contributed by atoms with Crippen molar-refractivity contribution in [1.29, 1.82) is 0 Å². The molecule has 0 aliphatic carbocycles. The second-order valence-electron chi connectivity index (χ2n) is 4.07. The summed E-state index contributed by atoms with van der Waals surface area (Å²) in [5, 5.41) is 2.37. The van der Waals surface area contributed by atoms with E-state index < -0.39 is 0 Å². The molecule has 86 valence electrons.